The van der Waals surface area contributed by atoms with Gasteiger partial charge in [0.25, 0.3) is 0 Å². The lowest BCUT2D eigenvalue weighted by Crippen LogP contribution is -1.98. The van der Waals surface area contributed by atoms with Crippen LogP contribution in [0.15, 0.2) is 23.9 Å². The van der Waals surface area contributed by atoms with Gasteiger partial charge < -0.3 is 4.74 Å². The molecule has 0 amide bonds. The highest BCUT2D eigenvalue weighted by Crippen LogP contribution is 2.31. The summed E-state index contributed by atoms with van der Waals surface area (Å²) in [4.78, 5) is 20.1. The maximum Gasteiger partial charge on any atom is 0.318 e. The molecule has 7 heteroatoms. The van der Waals surface area contributed by atoms with Crippen LogP contribution in [0.5, 0.6) is 5.75 Å². The number of hydrogen-bond acceptors (Lipinski definition) is 5. The second kappa shape index (κ2) is 5.06. The van der Waals surface area contributed by atoms with E-state index in [4.69, 9.17) is 4.74 Å². The molecule has 0 aliphatic heterocycles. The molecule has 1 aromatic carbocycles. The Morgan fingerprint density at radius 2 is 2.00 bits per heavy atom. The minimum absolute atomic E-state index is 0.0693. The van der Waals surface area contributed by atoms with Crippen LogP contribution in [0, 0.1) is 20.2 Å². The molecule has 0 aromatic heterocycles. The largest absolute Gasteiger partial charge is 0.490 e. The topological polar surface area (TPSA) is 95.5 Å². The van der Waals surface area contributed by atoms with Gasteiger partial charge in [0.05, 0.1) is 22.5 Å². The van der Waals surface area contributed by atoms with E-state index < -0.39 is 9.85 Å². The summed E-state index contributed by atoms with van der Waals surface area (Å²) in [5.74, 6) is 0.0693. The van der Waals surface area contributed by atoms with Gasteiger partial charge in [-0.15, -0.1) is 0 Å². The van der Waals surface area contributed by atoms with Crippen LogP contribution in [0.4, 0.5) is 5.69 Å². The summed E-state index contributed by atoms with van der Waals surface area (Å²) in [6, 6.07) is 4.38. The predicted octanol–water partition coefficient (Wildman–Crippen LogP) is 2.24. The number of allylic oxidation sites excluding steroid dienone is 1. The highest BCUT2D eigenvalue weighted by molar-refractivity contribution is 5.67. The molecule has 0 atom stereocenters. The van der Waals surface area contributed by atoms with Crippen molar-refractivity contribution in [1.82, 2.24) is 0 Å². The van der Waals surface area contributed by atoms with E-state index in [1.54, 1.807) is 0 Å². The Kier molecular flexibility index (Phi) is 3.76. The van der Waals surface area contributed by atoms with Crippen LogP contribution in [0.1, 0.15) is 12.5 Å². The van der Waals surface area contributed by atoms with E-state index in [1.165, 1.54) is 32.2 Å². The molecule has 0 aliphatic carbocycles. The molecule has 0 spiro atoms. The van der Waals surface area contributed by atoms with Gasteiger partial charge in [-0.05, 0) is 12.1 Å². The normalized spacial score (nSPS) is 11.1. The first kappa shape index (κ1) is 12.6. The van der Waals surface area contributed by atoms with Crippen LogP contribution in [0.2, 0.25) is 0 Å². The number of hydrogen-bond donors (Lipinski definition) is 0. The molecule has 1 rings (SSSR count). The summed E-state index contributed by atoms with van der Waals surface area (Å²) >= 11 is 0. The molecule has 0 radical (unpaired) electrons. The Hall–Kier alpha value is -2.44. The van der Waals surface area contributed by atoms with Crippen molar-refractivity contribution in [2.24, 2.45) is 0 Å². The number of nitrogens with zero attached hydrogens (tertiary/aromatic N) is 2. The van der Waals surface area contributed by atoms with Crippen LogP contribution >= 0.6 is 0 Å². The maximum atomic E-state index is 10.9. The van der Waals surface area contributed by atoms with Crippen molar-refractivity contribution in [1.29, 1.82) is 0 Å². The van der Waals surface area contributed by atoms with Gasteiger partial charge in [-0.25, -0.2) is 0 Å². The van der Waals surface area contributed by atoms with Crippen LogP contribution in [0.25, 0.3) is 6.08 Å². The SMILES string of the molecule is COc1cccc(/C=C(\C)[N+](=O)[O-])c1[N+](=O)[O-]. The third kappa shape index (κ3) is 2.77. The first-order chi connectivity index (χ1) is 7.97. The van der Waals surface area contributed by atoms with Gasteiger partial charge >= 0.3 is 5.69 Å². The number of nitro groups is 2. The summed E-state index contributed by atoms with van der Waals surface area (Å²) in [5, 5.41) is 21.4. The van der Waals surface area contributed by atoms with Gasteiger partial charge in [0.2, 0.25) is 5.70 Å². The molecule has 7 nitrogen and oxygen atoms in total. The fourth-order valence-electron chi connectivity index (χ4n) is 1.29. The van der Waals surface area contributed by atoms with E-state index in [9.17, 15) is 20.2 Å². The van der Waals surface area contributed by atoms with Gasteiger partial charge in [-0.2, -0.15) is 0 Å². The highest BCUT2D eigenvalue weighted by atomic mass is 16.6. The minimum atomic E-state index is -0.627. The third-order valence-electron chi connectivity index (χ3n) is 2.09. The van der Waals surface area contributed by atoms with Crippen molar-refractivity contribution in [3.05, 3.63) is 49.7 Å². The van der Waals surface area contributed by atoms with Crippen LogP contribution < -0.4 is 4.74 Å². The molecule has 0 aliphatic rings. The number of para-hydroxylation sites is 1. The molecule has 0 unspecified atom stereocenters. The maximum absolute atomic E-state index is 10.9. The molecule has 0 heterocycles. The fourth-order valence-corrected chi connectivity index (χ4v) is 1.29. The fraction of sp³-hybridized carbons (Fsp3) is 0.200. The van der Waals surface area contributed by atoms with Crippen LogP contribution in [-0.4, -0.2) is 17.0 Å². The second-order valence-electron chi connectivity index (χ2n) is 3.20. The Balaban J connectivity index is 3.38. The van der Waals surface area contributed by atoms with E-state index in [0.29, 0.717) is 0 Å². The zero-order chi connectivity index (χ0) is 13.0. The molecule has 90 valence electrons. The van der Waals surface area contributed by atoms with E-state index in [1.807, 2.05) is 0 Å². The standard InChI is InChI=1S/C10H10N2O5/c1-7(11(13)14)6-8-4-3-5-9(17-2)10(8)12(15)16/h3-6H,1-2H3/b7-6+. The lowest BCUT2D eigenvalue weighted by atomic mass is 10.1. The Morgan fingerprint density at radius 3 is 2.47 bits per heavy atom. The van der Waals surface area contributed by atoms with E-state index in [2.05, 4.69) is 0 Å². The van der Waals surface area contributed by atoms with Crippen molar-refractivity contribution in [3.63, 3.8) is 0 Å². The monoisotopic (exact) mass is 238 g/mol. The number of ether oxygens (including phenoxy) is 1. The lowest BCUT2D eigenvalue weighted by Gasteiger charge is -2.03. The van der Waals surface area contributed by atoms with Gasteiger partial charge in [0.1, 0.15) is 0 Å². The Labute approximate surface area is 96.6 Å². The van der Waals surface area contributed by atoms with Gasteiger partial charge in [-0.1, -0.05) is 6.07 Å². The molecular weight excluding hydrogens is 228 g/mol. The van der Waals surface area contributed by atoms with Gasteiger partial charge in [0.15, 0.2) is 5.75 Å². The minimum Gasteiger partial charge on any atom is -0.490 e. The van der Waals surface area contributed by atoms with Gasteiger partial charge in [0, 0.05) is 13.0 Å². The summed E-state index contributed by atoms with van der Waals surface area (Å²) < 4.78 is 4.85. The molecule has 0 saturated carbocycles. The van der Waals surface area contributed by atoms with Crippen molar-refractivity contribution in [3.8, 4) is 5.75 Å². The summed E-state index contributed by atoms with van der Waals surface area (Å²) in [7, 11) is 1.30. The van der Waals surface area contributed by atoms with Crippen molar-refractivity contribution in [2.45, 2.75) is 6.92 Å². The summed E-state index contributed by atoms with van der Waals surface area (Å²) in [5.41, 5.74) is -0.318. The average molecular weight is 238 g/mol. The zero-order valence-corrected chi connectivity index (χ0v) is 9.25. The molecule has 17 heavy (non-hydrogen) atoms. The molecule has 0 saturated heterocycles. The van der Waals surface area contributed by atoms with E-state index in [-0.39, 0.29) is 22.7 Å². The molecule has 0 bridgehead atoms. The third-order valence-corrected chi connectivity index (χ3v) is 2.09. The molecular formula is C10H10N2O5. The molecule has 0 fully saturated rings. The average Bonchev–Trinajstić information content (AvgIpc) is 2.27. The molecule has 0 N–H and O–H groups in total. The second-order valence-corrected chi connectivity index (χ2v) is 3.20. The number of rotatable bonds is 4. The van der Waals surface area contributed by atoms with Crippen LogP contribution in [0.3, 0.4) is 0 Å². The van der Waals surface area contributed by atoms with E-state index >= 15 is 0 Å². The first-order valence-corrected chi connectivity index (χ1v) is 4.61. The number of methoxy groups -OCH3 is 1. The summed E-state index contributed by atoms with van der Waals surface area (Å²) in [6.07, 6.45) is 1.14. The number of nitro benzene ring substituents is 1. The number of benzene rings is 1. The molecule has 1 aromatic rings. The quantitative estimate of drug-likeness (QED) is 0.592. The van der Waals surface area contributed by atoms with E-state index in [0.717, 1.165) is 6.08 Å². The zero-order valence-electron chi connectivity index (χ0n) is 9.25. The van der Waals surface area contributed by atoms with Crippen molar-refractivity contribution in [2.75, 3.05) is 7.11 Å². The Morgan fingerprint density at radius 1 is 1.35 bits per heavy atom. The highest BCUT2D eigenvalue weighted by Gasteiger charge is 2.20. The van der Waals surface area contributed by atoms with Crippen molar-refractivity contribution < 1.29 is 14.6 Å². The van der Waals surface area contributed by atoms with Gasteiger partial charge in [-0.3, -0.25) is 20.2 Å². The first-order valence-electron chi connectivity index (χ1n) is 4.61. The van der Waals surface area contributed by atoms with Crippen molar-refractivity contribution >= 4 is 11.8 Å². The smallest absolute Gasteiger partial charge is 0.318 e. The van der Waals surface area contributed by atoms with Crippen LogP contribution in [-0.2, 0) is 0 Å². The summed E-state index contributed by atoms with van der Waals surface area (Å²) in [6.45, 7) is 1.27. The predicted molar refractivity (Wildman–Crippen MR) is 60.3 cm³/mol. The Bertz CT molecular complexity index is 495. The lowest BCUT2D eigenvalue weighted by molar-refractivity contribution is -0.422.